The third-order valence-electron chi connectivity index (χ3n) is 4.98. The van der Waals surface area contributed by atoms with Crippen LogP contribution in [0.4, 0.5) is 0 Å². The lowest BCUT2D eigenvalue weighted by atomic mass is 9.99. The first-order chi connectivity index (χ1) is 14.3. The van der Waals surface area contributed by atoms with E-state index in [1.54, 1.807) is 6.20 Å². The second kappa shape index (κ2) is 7.61. The third-order valence-corrected chi connectivity index (χ3v) is 5.50. The van der Waals surface area contributed by atoms with Crippen LogP contribution in [0.2, 0.25) is 0 Å². The van der Waals surface area contributed by atoms with Crippen molar-refractivity contribution in [3.05, 3.63) is 108 Å². The monoisotopic (exact) mass is 436 g/mol. The van der Waals surface area contributed by atoms with E-state index < -0.39 is 0 Å². The van der Waals surface area contributed by atoms with E-state index in [1.807, 2.05) is 18.2 Å². The maximum Gasteiger partial charge on any atom is 0.0899 e. The second-order valence-electron chi connectivity index (χ2n) is 6.91. The molecule has 2 nitrogen and oxygen atoms in total. The molecule has 0 fully saturated rings. The summed E-state index contributed by atoms with van der Waals surface area (Å²) in [6.07, 6.45) is 1.80. The summed E-state index contributed by atoms with van der Waals surface area (Å²) in [6.45, 7) is 0. The van der Waals surface area contributed by atoms with Crippen molar-refractivity contribution in [3.8, 4) is 33.8 Å². The van der Waals surface area contributed by atoms with Gasteiger partial charge < -0.3 is 0 Å². The fraction of sp³-hybridized carbons (Fsp3) is 0. The van der Waals surface area contributed by atoms with Crippen LogP contribution in [-0.2, 0) is 0 Å². The van der Waals surface area contributed by atoms with E-state index in [2.05, 4.69) is 99.8 Å². The molecule has 3 heteroatoms. The van der Waals surface area contributed by atoms with Crippen LogP contribution in [0.15, 0.2) is 108 Å². The zero-order valence-corrected chi connectivity index (χ0v) is 17.2. The van der Waals surface area contributed by atoms with E-state index in [4.69, 9.17) is 4.98 Å². The van der Waals surface area contributed by atoms with Crippen LogP contribution < -0.4 is 0 Å². The van der Waals surface area contributed by atoms with Crippen molar-refractivity contribution >= 4 is 26.7 Å². The molecule has 0 N–H and O–H groups in total. The highest BCUT2D eigenvalue weighted by atomic mass is 79.9. The molecular formula is C26H17BrN2. The molecule has 2 aromatic heterocycles. The maximum atomic E-state index is 4.95. The van der Waals surface area contributed by atoms with Crippen LogP contribution in [0.3, 0.4) is 0 Å². The van der Waals surface area contributed by atoms with Crippen molar-refractivity contribution < 1.29 is 0 Å². The molecule has 0 aliphatic rings. The van der Waals surface area contributed by atoms with Gasteiger partial charge in [-0.3, -0.25) is 4.98 Å². The first kappa shape index (κ1) is 17.8. The van der Waals surface area contributed by atoms with Gasteiger partial charge in [-0.15, -0.1) is 0 Å². The van der Waals surface area contributed by atoms with Crippen LogP contribution in [-0.4, -0.2) is 9.97 Å². The molecule has 0 saturated carbocycles. The second-order valence-corrected chi connectivity index (χ2v) is 7.83. The Morgan fingerprint density at radius 2 is 1.24 bits per heavy atom. The lowest BCUT2D eigenvalue weighted by Gasteiger charge is -2.10. The number of hydrogen-bond acceptors (Lipinski definition) is 2. The van der Waals surface area contributed by atoms with E-state index in [1.165, 1.54) is 10.8 Å². The van der Waals surface area contributed by atoms with Gasteiger partial charge in [0.05, 0.1) is 17.1 Å². The Balaban J connectivity index is 1.71. The normalized spacial score (nSPS) is 10.9. The molecule has 0 bridgehead atoms. The van der Waals surface area contributed by atoms with Gasteiger partial charge in [0.2, 0.25) is 0 Å². The van der Waals surface area contributed by atoms with Crippen LogP contribution in [0, 0.1) is 0 Å². The fourth-order valence-corrected chi connectivity index (χ4v) is 3.75. The molecule has 0 spiro atoms. The Morgan fingerprint density at radius 3 is 2.03 bits per heavy atom. The first-order valence-electron chi connectivity index (χ1n) is 9.45. The molecule has 3 aromatic carbocycles. The third kappa shape index (κ3) is 3.69. The molecule has 0 saturated heterocycles. The molecule has 0 radical (unpaired) electrons. The predicted octanol–water partition coefficient (Wildman–Crippen LogP) is 7.39. The Morgan fingerprint density at radius 1 is 0.517 bits per heavy atom. The van der Waals surface area contributed by atoms with Crippen LogP contribution in [0.1, 0.15) is 0 Å². The van der Waals surface area contributed by atoms with E-state index in [0.29, 0.717) is 0 Å². The summed E-state index contributed by atoms with van der Waals surface area (Å²) < 4.78 is 1.06. The Hall–Kier alpha value is -3.30. The van der Waals surface area contributed by atoms with E-state index in [-0.39, 0.29) is 0 Å². The van der Waals surface area contributed by atoms with Crippen LogP contribution in [0.5, 0.6) is 0 Å². The van der Waals surface area contributed by atoms with Crippen molar-refractivity contribution in [1.82, 2.24) is 9.97 Å². The summed E-state index contributed by atoms with van der Waals surface area (Å²) in [5.74, 6) is 0. The molecular weight excluding hydrogens is 420 g/mol. The largest absolute Gasteiger partial charge is 0.255 e. The van der Waals surface area contributed by atoms with Crippen molar-refractivity contribution in [2.75, 3.05) is 0 Å². The van der Waals surface area contributed by atoms with Gasteiger partial charge in [0.25, 0.3) is 0 Å². The van der Waals surface area contributed by atoms with Crippen LogP contribution >= 0.6 is 15.9 Å². The van der Waals surface area contributed by atoms with E-state index in [0.717, 1.165) is 38.2 Å². The fourth-order valence-electron chi connectivity index (χ4n) is 3.48. The minimum Gasteiger partial charge on any atom is -0.255 e. The quantitative estimate of drug-likeness (QED) is 0.294. The van der Waals surface area contributed by atoms with Crippen molar-refractivity contribution in [3.63, 3.8) is 0 Å². The highest BCUT2D eigenvalue weighted by Gasteiger charge is 2.10. The highest BCUT2D eigenvalue weighted by Crippen LogP contribution is 2.31. The lowest BCUT2D eigenvalue weighted by molar-refractivity contribution is 1.25. The summed E-state index contributed by atoms with van der Waals surface area (Å²) in [7, 11) is 0. The molecule has 29 heavy (non-hydrogen) atoms. The Bertz CT molecular complexity index is 1300. The summed E-state index contributed by atoms with van der Waals surface area (Å²) in [5, 5.41) is 2.44. The zero-order valence-electron chi connectivity index (χ0n) is 15.6. The molecule has 0 aliphatic carbocycles. The standard InChI is InChI=1S/C26H17BrN2/c27-23-12-10-19(11-13-23)22-16-25(29-26(17-22)24-7-3-4-14-28-24)21-9-8-18-5-1-2-6-20(18)15-21/h1-17H. The van der Waals surface area contributed by atoms with Gasteiger partial charge >= 0.3 is 0 Å². The lowest BCUT2D eigenvalue weighted by Crippen LogP contribution is -1.92. The Labute approximate surface area is 178 Å². The average molecular weight is 437 g/mol. The first-order valence-corrected chi connectivity index (χ1v) is 10.2. The number of pyridine rings is 2. The molecule has 0 amide bonds. The molecule has 0 atom stereocenters. The van der Waals surface area contributed by atoms with Gasteiger partial charge in [0.15, 0.2) is 0 Å². The number of fused-ring (bicyclic) bond motifs is 1. The minimum atomic E-state index is 0.869. The van der Waals surface area contributed by atoms with Gasteiger partial charge in [0, 0.05) is 16.2 Å². The molecule has 138 valence electrons. The van der Waals surface area contributed by atoms with E-state index in [9.17, 15) is 0 Å². The number of aromatic nitrogens is 2. The van der Waals surface area contributed by atoms with Crippen molar-refractivity contribution in [2.24, 2.45) is 0 Å². The van der Waals surface area contributed by atoms with E-state index >= 15 is 0 Å². The number of nitrogens with zero attached hydrogens (tertiary/aromatic N) is 2. The van der Waals surface area contributed by atoms with Crippen molar-refractivity contribution in [2.45, 2.75) is 0 Å². The number of halogens is 1. The molecule has 0 unspecified atom stereocenters. The number of benzene rings is 3. The van der Waals surface area contributed by atoms with Gasteiger partial charge in [0.1, 0.15) is 0 Å². The van der Waals surface area contributed by atoms with Gasteiger partial charge in [-0.25, -0.2) is 4.98 Å². The average Bonchev–Trinajstić information content (AvgIpc) is 2.79. The summed E-state index contributed by atoms with van der Waals surface area (Å²) in [4.78, 5) is 9.46. The highest BCUT2D eigenvalue weighted by molar-refractivity contribution is 9.10. The summed E-state index contributed by atoms with van der Waals surface area (Å²) >= 11 is 3.52. The SMILES string of the molecule is Brc1ccc(-c2cc(-c3ccc4ccccc4c3)nc(-c3ccccn3)c2)cc1. The van der Waals surface area contributed by atoms with Crippen LogP contribution in [0.25, 0.3) is 44.5 Å². The number of rotatable bonds is 3. The smallest absolute Gasteiger partial charge is 0.0899 e. The van der Waals surface area contributed by atoms with Gasteiger partial charge in [-0.1, -0.05) is 70.5 Å². The predicted molar refractivity (Wildman–Crippen MR) is 124 cm³/mol. The number of hydrogen-bond donors (Lipinski definition) is 0. The molecule has 5 rings (SSSR count). The summed E-state index contributed by atoms with van der Waals surface area (Å²) in [6, 6.07) is 33.4. The van der Waals surface area contributed by atoms with Gasteiger partial charge in [-0.05, 0) is 64.4 Å². The molecule has 2 heterocycles. The van der Waals surface area contributed by atoms with Gasteiger partial charge in [-0.2, -0.15) is 0 Å². The molecule has 5 aromatic rings. The topological polar surface area (TPSA) is 25.8 Å². The molecule has 0 aliphatic heterocycles. The zero-order chi connectivity index (χ0) is 19.6. The summed E-state index contributed by atoms with van der Waals surface area (Å²) in [5.41, 5.74) is 6.05. The maximum absolute atomic E-state index is 4.95. The minimum absolute atomic E-state index is 0.869. The van der Waals surface area contributed by atoms with Crippen molar-refractivity contribution in [1.29, 1.82) is 0 Å². The Kier molecular flexibility index (Phi) is 4.66.